The van der Waals surface area contributed by atoms with Gasteiger partial charge in [-0.25, -0.2) is 0 Å². The second kappa shape index (κ2) is 4.71. The highest BCUT2D eigenvalue weighted by Crippen LogP contribution is 1.96. The van der Waals surface area contributed by atoms with Crippen LogP contribution in [0.2, 0.25) is 0 Å². The highest BCUT2D eigenvalue weighted by molar-refractivity contribution is 5.82. The summed E-state index contributed by atoms with van der Waals surface area (Å²) in [4.78, 5) is 22.8. The van der Waals surface area contributed by atoms with Gasteiger partial charge in [-0.15, -0.1) is 0 Å². The first-order valence-electron chi connectivity index (χ1n) is 3.70. The van der Waals surface area contributed by atoms with Crippen molar-refractivity contribution in [2.75, 3.05) is 14.1 Å². The van der Waals surface area contributed by atoms with Crippen molar-refractivity contribution in [3.05, 3.63) is 0 Å². The second-order valence-electron chi connectivity index (χ2n) is 2.84. The zero-order valence-electron chi connectivity index (χ0n) is 7.41. The lowest BCUT2D eigenvalue weighted by molar-refractivity contribution is -0.130. The molecule has 1 unspecified atom stereocenters. The number of amides is 2. The molecule has 0 saturated heterocycles. The summed E-state index contributed by atoms with van der Waals surface area (Å²) in [5, 5.41) is 0. The van der Waals surface area contributed by atoms with Crippen molar-refractivity contribution in [1.29, 1.82) is 0 Å². The first-order chi connectivity index (χ1) is 5.45. The molecule has 0 fully saturated rings. The fourth-order valence-corrected chi connectivity index (χ4v) is 0.753. The summed E-state index contributed by atoms with van der Waals surface area (Å²) in [5.41, 5.74) is 10.4. The second-order valence-corrected chi connectivity index (χ2v) is 2.84. The van der Waals surface area contributed by atoms with E-state index in [0.29, 0.717) is 6.42 Å². The predicted octanol–water partition coefficient (Wildman–Crippen LogP) is -1.33. The van der Waals surface area contributed by atoms with Gasteiger partial charge in [0.2, 0.25) is 11.8 Å². The lowest BCUT2D eigenvalue weighted by Crippen LogP contribution is -2.40. The number of likely N-dealkylation sites (N-methyl/N-ethyl adjacent to an activating group) is 1. The Morgan fingerprint density at radius 1 is 1.42 bits per heavy atom. The van der Waals surface area contributed by atoms with Crippen molar-refractivity contribution in [2.45, 2.75) is 18.9 Å². The average molecular weight is 173 g/mol. The topological polar surface area (TPSA) is 89.4 Å². The molecule has 0 aliphatic heterocycles. The molecule has 0 radical (unpaired) electrons. The van der Waals surface area contributed by atoms with Gasteiger partial charge in [-0.1, -0.05) is 0 Å². The summed E-state index contributed by atoms with van der Waals surface area (Å²) in [6, 6.07) is -0.618. The third kappa shape index (κ3) is 3.92. The van der Waals surface area contributed by atoms with E-state index in [1.807, 2.05) is 0 Å². The molecule has 0 spiro atoms. The number of primary amides is 1. The van der Waals surface area contributed by atoms with Gasteiger partial charge in [-0.3, -0.25) is 9.59 Å². The van der Waals surface area contributed by atoms with Gasteiger partial charge >= 0.3 is 0 Å². The van der Waals surface area contributed by atoms with Crippen molar-refractivity contribution in [3.63, 3.8) is 0 Å². The van der Waals surface area contributed by atoms with Crippen LogP contribution in [0.25, 0.3) is 0 Å². The van der Waals surface area contributed by atoms with Gasteiger partial charge in [-0.2, -0.15) is 0 Å². The van der Waals surface area contributed by atoms with E-state index in [-0.39, 0.29) is 12.3 Å². The molecule has 4 N–H and O–H groups in total. The van der Waals surface area contributed by atoms with Gasteiger partial charge in [0, 0.05) is 20.5 Å². The highest BCUT2D eigenvalue weighted by Gasteiger charge is 2.15. The zero-order valence-corrected chi connectivity index (χ0v) is 7.41. The van der Waals surface area contributed by atoms with Gasteiger partial charge in [-0.05, 0) is 6.42 Å². The Labute approximate surface area is 71.7 Å². The molecule has 2 amide bonds. The number of hydrogen-bond donors (Lipinski definition) is 2. The van der Waals surface area contributed by atoms with Gasteiger partial charge in [0.15, 0.2) is 0 Å². The summed E-state index contributed by atoms with van der Waals surface area (Å²) in [6.07, 6.45) is 0.465. The molecule has 0 rings (SSSR count). The molecule has 0 aromatic carbocycles. The third-order valence-electron chi connectivity index (χ3n) is 1.46. The monoisotopic (exact) mass is 173 g/mol. The molecule has 5 heteroatoms. The number of nitrogens with zero attached hydrogens (tertiary/aromatic N) is 1. The quantitative estimate of drug-likeness (QED) is 0.551. The Hall–Kier alpha value is -1.10. The van der Waals surface area contributed by atoms with E-state index in [0.717, 1.165) is 0 Å². The van der Waals surface area contributed by atoms with Crippen LogP contribution in [-0.2, 0) is 9.59 Å². The van der Waals surface area contributed by atoms with Crippen molar-refractivity contribution < 1.29 is 9.59 Å². The molecule has 5 nitrogen and oxygen atoms in total. The minimum Gasteiger partial charge on any atom is -0.370 e. The van der Waals surface area contributed by atoms with E-state index in [9.17, 15) is 9.59 Å². The van der Waals surface area contributed by atoms with Crippen LogP contribution in [0.15, 0.2) is 0 Å². The van der Waals surface area contributed by atoms with Crippen molar-refractivity contribution >= 4 is 11.8 Å². The minimum atomic E-state index is -0.618. The van der Waals surface area contributed by atoms with Crippen LogP contribution >= 0.6 is 0 Å². The molecule has 0 aliphatic rings. The lowest BCUT2D eigenvalue weighted by Gasteiger charge is -2.15. The SMILES string of the molecule is CN(C)C(=O)C(N)CCC(N)=O. The Kier molecular flexibility index (Phi) is 4.28. The lowest BCUT2D eigenvalue weighted by atomic mass is 10.1. The van der Waals surface area contributed by atoms with E-state index in [4.69, 9.17) is 11.5 Å². The van der Waals surface area contributed by atoms with Gasteiger partial charge < -0.3 is 16.4 Å². The summed E-state index contributed by atoms with van der Waals surface area (Å²) in [7, 11) is 3.24. The minimum absolute atomic E-state index is 0.154. The van der Waals surface area contributed by atoms with Gasteiger partial charge in [0.25, 0.3) is 0 Å². The van der Waals surface area contributed by atoms with Crippen LogP contribution in [0.1, 0.15) is 12.8 Å². The van der Waals surface area contributed by atoms with E-state index < -0.39 is 11.9 Å². The number of carbonyl (C=O) groups is 2. The maximum atomic E-state index is 11.1. The van der Waals surface area contributed by atoms with E-state index >= 15 is 0 Å². The molecule has 12 heavy (non-hydrogen) atoms. The van der Waals surface area contributed by atoms with Crippen LogP contribution in [0.4, 0.5) is 0 Å². The van der Waals surface area contributed by atoms with Gasteiger partial charge in [0.1, 0.15) is 0 Å². The first kappa shape index (κ1) is 10.9. The van der Waals surface area contributed by atoms with Crippen molar-refractivity contribution in [2.24, 2.45) is 11.5 Å². The normalized spacial score (nSPS) is 12.2. The van der Waals surface area contributed by atoms with Crippen LogP contribution in [0.3, 0.4) is 0 Å². The van der Waals surface area contributed by atoms with Gasteiger partial charge in [0.05, 0.1) is 6.04 Å². The first-order valence-corrected chi connectivity index (χ1v) is 3.70. The number of hydrogen-bond acceptors (Lipinski definition) is 3. The van der Waals surface area contributed by atoms with E-state index in [1.165, 1.54) is 4.90 Å². The Bertz CT molecular complexity index is 179. The smallest absolute Gasteiger partial charge is 0.238 e. The molecular formula is C7H15N3O2. The largest absolute Gasteiger partial charge is 0.370 e. The number of rotatable bonds is 4. The summed E-state index contributed by atoms with van der Waals surface area (Å²) in [5.74, 6) is -0.617. The standard InChI is InChI=1S/C7H15N3O2/c1-10(2)7(12)5(8)3-4-6(9)11/h5H,3-4,8H2,1-2H3,(H2,9,11). The predicted molar refractivity (Wildman–Crippen MR) is 45.1 cm³/mol. The molecule has 0 aromatic heterocycles. The molecule has 0 bridgehead atoms. The Morgan fingerprint density at radius 3 is 2.25 bits per heavy atom. The van der Waals surface area contributed by atoms with E-state index in [2.05, 4.69) is 0 Å². The third-order valence-corrected chi connectivity index (χ3v) is 1.46. The molecule has 0 saturated carbocycles. The number of nitrogens with two attached hydrogens (primary N) is 2. The van der Waals surface area contributed by atoms with E-state index in [1.54, 1.807) is 14.1 Å². The zero-order chi connectivity index (χ0) is 9.72. The summed E-state index contributed by atoms with van der Waals surface area (Å²) >= 11 is 0. The van der Waals surface area contributed by atoms with Crippen molar-refractivity contribution in [3.8, 4) is 0 Å². The Morgan fingerprint density at radius 2 is 1.92 bits per heavy atom. The molecular weight excluding hydrogens is 158 g/mol. The Balaban J connectivity index is 3.79. The fourth-order valence-electron chi connectivity index (χ4n) is 0.753. The number of carbonyl (C=O) groups excluding carboxylic acids is 2. The van der Waals surface area contributed by atoms with Crippen LogP contribution in [-0.4, -0.2) is 36.9 Å². The van der Waals surface area contributed by atoms with Crippen molar-refractivity contribution in [1.82, 2.24) is 4.90 Å². The molecule has 0 aromatic rings. The average Bonchev–Trinajstić information content (AvgIpc) is 1.98. The molecule has 1 atom stereocenters. The van der Waals surface area contributed by atoms with Crippen LogP contribution < -0.4 is 11.5 Å². The fraction of sp³-hybridized carbons (Fsp3) is 0.714. The van der Waals surface area contributed by atoms with Crippen LogP contribution in [0, 0.1) is 0 Å². The summed E-state index contributed by atoms with van der Waals surface area (Å²) in [6.45, 7) is 0. The molecule has 70 valence electrons. The molecule has 0 heterocycles. The maximum Gasteiger partial charge on any atom is 0.238 e. The summed E-state index contributed by atoms with van der Waals surface area (Å²) < 4.78 is 0. The molecule has 0 aliphatic carbocycles. The van der Waals surface area contributed by atoms with Crippen LogP contribution in [0.5, 0.6) is 0 Å². The highest BCUT2D eigenvalue weighted by atomic mass is 16.2. The maximum absolute atomic E-state index is 11.1.